The number of para-hydroxylation sites is 1. The van der Waals surface area contributed by atoms with E-state index in [0.717, 1.165) is 15.6 Å². The number of nitriles is 1. The normalized spacial score (nSPS) is 10.9. The van der Waals surface area contributed by atoms with E-state index < -0.39 is 11.7 Å². The Bertz CT molecular complexity index is 1280. The van der Waals surface area contributed by atoms with E-state index in [4.69, 9.17) is 9.47 Å². The maximum atomic E-state index is 13.9. The summed E-state index contributed by atoms with van der Waals surface area (Å²) in [5, 5.41) is 12.0. The van der Waals surface area contributed by atoms with Crippen LogP contribution in [-0.4, -0.2) is 12.5 Å². The zero-order valence-electron chi connectivity index (χ0n) is 19.2. The number of benzene rings is 3. The van der Waals surface area contributed by atoms with Crippen molar-refractivity contribution in [2.75, 3.05) is 11.9 Å². The smallest absolute Gasteiger partial charge is 0.266 e. The summed E-state index contributed by atoms with van der Waals surface area (Å²) < 4.78 is 26.9. The predicted molar refractivity (Wildman–Crippen MR) is 139 cm³/mol. The minimum atomic E-state index is -0.712. The Labute approximate surface area is 212 Å². The number of carbonyl (C=O) groups excluding carboxylic acids is 1. The standard InChI is InChI=1S/C28H24BrFN2O3/c1-3-7-21-14-20(15-22(17-31)28(33)32-25-9-6-5-8-24(25)30)16-26(34-4-2)27(21)35-18-19-10-12-23(29)13-11-19/h3,5-6,8-16H,1,4,7,18H2,2H3,(H,32,33)/b22-15-. The highest BCUT2D eigenvalue weighted by atomic mass is 79.9. The van der Waals surface area contributed by atoms with Gasteiger partial charge in [-0.3, -0.25) is 4.79 Å². The molecule has 0 bridgehead atoms. The molecule has 0 atom stereocenters. The van der Waals surface area contributed by atoms with Crippen molar-refractivity contribution < 1.29 is 18.7 Å². The number of halogens is 2. The average molecular weight is 535 g/mol. The van der Waals surface area contributed by atoms with Gasteiger partial charge in [0.25, 0.3) is 5.91 Å². The largest absolute Gasteiger partial charge is 0.490 e. The van der Waals surface area contributed by atoms with Crippen molar-refractivity contribution >= 4 is 33.6 Å². The highest BCUT2D eigenvalue weighted by Gasteiger charge is 2.16. The fraction of sp³-hybridized carbons (Fsp3) is 0.143. The van der Waals surface area contributed by atoms with Crippen molar-refractivity contribution in [3.8, 4) is 17.6 Å². The minimum absolute atomic E-state index is 0.00214. The summed E-state index contributed by atoms with van der Waals surface area (Å²) in [5.74, 6) is -0.239. The lowest BCUT2D eigenvalue weighted by molar-refractivity contribution is -0.112. The second-order valence-electron chi connectivity index (χ2n) is 7.45. The Hall–Kier alpha value is -3.89. The van der Waals surface area contributed by atoms with Gasteiger partial charge in [-0.1, -0.05) is 46.3 Å². The first-order chi connectivity index (χ1) is 16.9. The van der Waals surface area contributed by atoms with E-state index in [0.29, 0.717) is 36.7 Å². The molecular formula is C28H24BrFN2O3. The second-order valence-corrected chi connectivity index (χ2v) is 8.37. The van der Waals surface area contributed by atoms with E-state index >= 15 is 0 Å². The number of nitrogens with zero attached hydrogens (tertiary/aromatic N) is 1. The number of allylic oxidation sites excluding steroid dienone is 1. The number of nitrogens with one attached hydrogen (secondary N) is 1. The SMILES string of the molecule is C=CCc1cc(/C=C(/C#N)C(=O)Nc2ccccc2F)cc(OCC)c1OCc1ccc(Br)cc1. The van der Waals surface area contributed by atoms with Gasteiger partial charge in [-0.25, -0.2) is 4.39 Å². The Morgan fingerprint density at radius 3 is 2.57 bits per heavy atom. The van der Waals surface area contributed by atoms with Gasteiger partial charge >= 0.3 is 0 Å². The van der Waals surface area contributed by atoms with Crippen LogP contribution in [0, 0.1) is 17.1 Å². The summed E-state index contributed by atoms with van der Waals surface area (Å²) in [4.78, 5) is 12.6. The number of anilines is 1. The van der Waals surface area contributed by atoms with Crippen molar-refractivity contribution in [3.63, 3.8) is 0 Å². The molecule has 5 nitrogen and oxygen atoms in total. The van der Waals surface area contributed by atoms with E-state index in [-0.39, 0.29) is 11.3 Å². The summed E-state index contributed by atoms with van der Waals surface area (Å²) >= 11 is 3.42. The van der Waals surface area contributed by atoms with Gasteiger partial charge in [-0.2, -0.15) is 5.26 Å². The van der Waals surface area contributed by atoms with Crippen molar-refractivity contribution in [2.45, 2.75) is 20.0 Å². The number of rotatable bonds is 10. The Balaban J connectivity index is 1.93. The quantitative estimate of drug-likeness (QED) is 0.175. The van der Waals surface area contributed by atoms with Crippen LogP contribution in [0.25, 0.3) is 6.08 Å². The number of carbonyl (C=O) groups is 1. The first-order valence-corrected chi connectivity index (χ1v) is 11.7. The lowest BCUT2D eigenvalue weighted by Crippen LogP contribution is -2.14. The van der Waals surface area contributed by atoms with Crippen LogP contribution in [0.1, 0.15) is 23.6 Å². The molecule has 35 heavy (non-hydrogen) atoms. The van der Waals surface area contributed by atoms with Gasteiger partial charge in [-0.15, -0.1) is 6.58 Å². The van der Waals surface area contributed by atoms with Crippen molar-refractivity contribution in [2.24, 2.45) is 0 Å². The maximum Gasteiger partial charge on any atom is 0.266 e. The number of hydrogen-bond acceptors (Lipinski definition) is 4. The van der Waals surface area contributed by atoms with Gasteiger partial charge in [0.1, 0.15) is 24.1 Å². The van der Waals surface area contributed by atoms with Crippen LogP contribution < -0.4 is 14.8 Å². The third kappa shape index (κ3) is 7.05. The summed E-state index contributed by atoms with van der Waals surface area (Å²) in [6.45, 7) is 6.41. The van der Waals surface area contributed by atoms with Gasteiger partial charge in [0, 0.05) is 10.0 Å². The van der Waals surface area contributed by atoms with Crippen LogP contribution in [0.2, 0.25) is 0 Å². The summed E-state index contributed by atoms with van der Waals surface area (Å²) in [6, 6.07) is 19.0. The first-order valence-electron chi connectivity index (χ1n) is 10.9. The number of ether oxygens (including phenoxy) is 2. The van der Waals surface area contributed by atoms with Gasteiger partial charge in [0.2, 0.25) is 0 Å². The highest BCUT2D eigenvalue weighted by molar-refractivity contribution is 9.10. The van der Waals surface area contributed by atoms with Crippen LogP contribution in [0.15, 0.2) is 83.4 Å². The average Bonchev–Trinajstić information content (AvgIpc) is 2.85. The minimum Gasteiger partial charge on any atom is -0.490 e. The molecule has 178 valence electrons. The molecule has 0 aliphatic carbocycles. The molecule has 3 rings (SSSR count). The lowest BCUT2D eigenvalue weighted by Gasteiger charge is -2.17. The van der Waals surface area contributed by atoms with E-state index in [1.54, 1.807) is 18.2 Å². The molecule has 0 heterocycles. The fourth-order valence-electron chi connectivity index (χ4n) is 3.30. The Morgan fingerprint density at radius 2 is 1.91 bits per heavy atom. The van der Waals surface area contributed by atoms with Gasteiger partial charge in [0.15, 0.2) is 11.5 Å². The molecule has 0 aliphatic rings. The molecule has 0 saturated heterocycles. The molecule has 3 aromatic carbocycles. The third-order valence-corrected chi connectivity index (χ3v) is 5.44. The zero-order chi connectivity index (χ0) is 25.2. The topological polar surface area (TPSA) is 71.4 Å². The molecule has 0 aliphatic heterocycles. The number of amides is 1. The monoisotopic (exact) mass is 534 g/mol. The molecule has 1 N–H and O–H groups in total. The third-order valence-electron chi connectivity index (χ3n) is 4.91. The van der Waals surface area contributed by atoms with Gasteiger partial charge in [0.05, 0.1) is 12.3 Å². The molecule has 3 aromatic rings. The van der Waals surface area contributed by atoms with Crippen LogP contribution in [0.3, 0.4) is 0 Å². The predicted octanol–water partition coefficient (Wildman–Crippen LogP) is 6.84. The number of hydrogen-bond donors (Lipinski definition) is 1. The molecule has 0 radical (unpaired) electrons. The molecule has 0 spiro atoms. The molecule has 1 amide bonds. The fourth-order valence-corrected chi connectivity index (χ4v) is 3.57. The molecular weight excluding hydrogens is 511 g/mol. The highest BCUT2D eigenvalue weighted by Crippen LogP contribution is 2.35. The van der Waals surface area contributed by atoms with Crippen LogP contribution in [0.5, 0.6) is 11.5 Å². The Morgan fingerprint density at radius 1 is 1.17 bits per heavy atom. The molecule has 0 saturated carbocycles. The van der Waals surface area contributed by atoms with E-state index in [1.807, 2.05) is 43.3 Å². The molecule has 0 aromatic heterocycles. The van der Waals surface area contributed by atoms with Gasteiger partial charge < -0.3 is 14.8 Å². The van der Waals surface area contributed by atoms with Crippen LogP contribution >= 0.6 is 15.9 Å². The van der Waals surface area contributed by atoms with Crippen molar-refractivity contribution in [3.05, 3.63) is 106 Å². The van der Waals surface area contributed by atoms with Crippen LogP contribution in [0.4, 0.5) is 10.1 Å². The molecule has 0 fully saturated rings. The molecule has 7 heteroatoms. The lowest BCUT2D eigenvalue weighted by atomic mass is 10.0. The van der Waals surface area contributed by atoms with Gasteiger partial charge in [-0.05, 0) is 66.9 Å². The summed E-state index contributed by atoms with van der Waals surface area (Å²) in [7, 11) is 0. The second kappa shape index (κ2) is 12.5. The van der Waals surface area contributed by atoms with E-state index in [1.165, 1.54) is 24.3 Å². The summed E-state index contributed by atoms with van der Waals surface area (Å²) in [5.41, 5.74) is 2.17. The maximum absolute atomic E-state index is 13.9. The first kappa shape index (κ1) is 25.7. The van der Waals surface area contributed by atoms with Crippen molar-refractivity contribution in [1.82, 2.24) is 0 Å². The molecule has 0 unspecified atom stereocenters. The van der Waals surface area contributed by atoms with Crippen molar-refractivity contribution in [1.29, 1.82) is 5.26 Å². The zero-order valence-corrected chi connectivity index (χ0v) is 20.8. The van der Waals surface area contributed by atoms with E-state index in [9.17, 15) is 14.4 Å². The van der Waals surface area contributed by atoms with E-state index in [2.05, 4.69) is 27.8 Å². The van der Waals surface area contributed by atoms with Crippen LogP contribution in [-0.2, 0) is 17.8 Å². The Kier molecular flexibility index (Phi) is 9.22. The summed E-state index contributed by atoms with van der Waals surface area (Å²) in [6.07, 6.45) is 3.66.